The monoisotopic (exact) mass is 332 g/mol. The van der Waals surface area contributed by atoms with Gasteiger partial charge in [-0.05, 0) is 25.1 Å². The van der Waals surface area contributed by atoms with Crippen molar-refractivity contribution in [2.75, 3.05) is 13.2 Å². The molecule has 4 heteroatoms. The van der Waals surface area contributed by atoms with Crippen molar-refractivity contribution in [3.63, 3.8) is 0 Å². The molecule has 0 saturated carbocycles. The fourth-order valence-corrected chi connectivity index (χ4v) is 4.31. The Hall–Kier alpha value is -2.75. The number of rotatable bonds is 1. The van der Waals surface area contributed by atoms with Crippen molar-refractivity contribution < 1.29 is 9.47 Å². The summed E-state index contributed by atoms with van der Waals surface area (Å²) in [5, 5.41) is 4.82. The average Bonchev–Trinajstić information content (AvgIpc) is 3.00. The van der Waals surface area contributed by atoms with Crippen LogP contribution in [0.4, 0.5) is 0 Å². The summed E-state index contributed by atoms with van der Waals surface area (Å²) in [6, 6.07) is 18.5. The summed E-state index contributed by atoms with van der Waals surface area (Å²) in [6.45, 7) is 5.69. The number of hydrogen-bond donors (Lipinski definition) is 0. The first-order chi connectivity index (χ1) is 12.2. The highest BCUT2D eigenvalue weighted by molar-refractivity contribution is 5.56. The van der Waals surface area contributed by atoms with E-state index < -0.39 is 0 Å². The van der Waals surface area contributed by atoms with Crippen LogP contribution in [-0.2, 0) is 5.41 Å². The summed E-state index contributed by atoms with van der Waals surface area (Å²) in [7, 11) is 0. The summed E-state index contributed by atoms with van der Waals surface area (Å²) in [4.78, 5) is 0. The van der Waals surface area contributed by atoms with Crippen molar-refractivity contribution in [3.05, 3.63) is 71.4 Å². The van der Waals surface area contributed by atoms with E-state index in [1.54, 1.807) is 0 Å². The van der Waals surface area contributed by atoms with Crippen LogP contribution in [0.1, 0.15) is 23.7 Å². The molecule has 0 N–H and O–H groups in total. The van der Waals surface area contributed by atoms with E-state index in [1.807, 2.05) is 28.9 Å². The highest BCUT2D eigenvalue weighted by Gasteiger charge is 2.50. The third-order valence-electron chi connectivity index (χ3n) is 5.66. The zero-order valence-corrected chi connectivity index (χ0v) is 14.4. The van der Waals surface area contributed by atoms with E-state index in [4.69, 9.17) is 14.6 Å². The molecule has 3 aromatic rings. The van der Waals surface area contributed by atoms with Gasteiger partial charge in [0.1, 0.15) is 5.75 Å². The van der Waals surface area contributed by atoms with Crippen LogP contribution in [-0.4, -0.2) is 23.0 Å². The number of aryl methyl sites for hydroxylation is 1. The minimum atomic E-state index is -0.153. The summed E-state index contributed by atoms with van der Waals surface area (Å²) in [5.74, 6) is 2.11. The Morgan fingerprint density at radius 2 is 1.72 bits per heavy atom. The molecule has 126 valence electrons. The molecule has 2 aliphatic heterocycles. The van der Waals surface area contributed by atoms with Gasteiger partial charge in [-0.3, -0.25) is 0 Å². The van der Waals surface area contributed by atoms with Crippen molar-refractivity contribution >= 4 is 0 Å². The van der Waals surface area contributed by atoms with Gasteiger partial charge < -0.3 is 9.47 Å². The normalized spacial score (nSPS) is 23.7. The first-order valence-corrected chi connectivity index (χ1v) is 8.70. The van der Waals surface area contributed by atoms with Crippen LogP contribution in [0.25, 0.3) is 5.69 Å². The van der Waals surface area contributed by atoms with E-state index in [2.05, 4.69) is 44.2 Å². The Morgan fingerprint density at radius 3 is 2.56 bits per heavy atom. The Labute approximate surface area is 147 Å². The maximum atomic E-state index is 6.20. The summed E-state index contributed by atoms with van der Waals surface area (Å²) < 4.78 is 14.1. The summed E-state index contributed by atoms with van der Waals surface area (Å²) in [5.41, 5.74) is 4.30. The Balaban J connectivity index is 1.77. The lowest BCUT2D eigenvalue weighted by molar-refractivity contribution is 0.0826. The second-order valence-corrected chi connectivity index (χ2v) is 7.03. The van der Waals surface area contributed by atoms with E-state index in [0.717, 1.165) is 23.0 Å². The van der Waals surface area contributed by atoms with Crippen LogP contribution < -0.4 is 9.47 Å². The molecule has 4 nitrogen and oxygen atoms in total. The molecule has 2 aliphatic rings. The minimum absolute atomic E-state index is 0.153. The number of hydrogen-bond acceptors (Lipinski definition) is 3. The van der Waals surface area contributed by atoms with Gasteiger partial charge in [-0.1, -0.05) is 43.3 Å². The van der Waals surface area contributed by atoms with Gasteiger partial charge in [0.05, 0.1) is 24.6 Å². The van der Waals surface area contributed by atoms with Crippen LogP contribution >= 0.6 is 0 Å². The zero-order valence-electron chi connectivity index (χ0n) is 14.4. The van der Waals surface area contributed by atoms with E-state index in [0.29, 0.717) is 13.2 Å². The molecular formula is C21H20N2O2. The number of ether oxygens (including phenoxy) is 2. The van der Waals surface area contributed by atoms with Gasteiger partial charge in [0.25, 0.3) is 0 Å². The highest BCUT2D eigenvalue weighted by atomic mass is 16.5. The van der Waals surface area contributed by atoms with Gasteiger partial charge >= 0.3 is 0 Å². The average molecular weight is 332 g/mol. The number of fused-ring (bicyclic) bond motifs is 5. The first-order valence-electron chi connectivity index (χ1n) is 8.70. The van der Waals surface area contributed by atoms with Gasteiger partial charge in [0.2, 0.25) is 5.88 Å². The van der Waals surface area contributed by atoms with Gasteiger partial charge in [-0.25, -0.2) is 4.68 Å². The van der Waals surface area contributed by atoms with E-state index in [1.165, 1.54) is 11.1 Å². The molecule has 0 saturated heterocycles. The van der Waals surface area contributed by atoms with Crippen LogP contribution in [0, 0.1) is 12.8 Å². The molecule has 25 heavy (non-hydrogen) atoms. The van der Waals surface area contributed by atoms with Crippen LogP contribution in [0.15, 0.2) is 54.6 Å². The Kier molecular flexibility index (Phi) is 2.99. The second kappa shape index (κ2) is 5.12. The first kappa shape index (κ1) is 14.6. The number of aromatic nitrogens is 2. The third kappa shape index (κ3) is 1.91. The Morgan fingerprint density at radius 1 is 1.00 bits per heavy atom. The standard InChI is InChI=1S/C21H20N2O2/c1-14-19-20(23(22-14)16-8-4-3-5-9-16)25-13-15-12-24-18-11-7-6-10-17(18)21(15,19)2/h3-11,15H,12-13H2,1-2H3/t15-,21+/m1/s1. The lowest BCUT2D eigenvalue weighted by Crippen LogP contribution is -2.47. The molecule has 5 rings (SSSR count). The molecule has 2 atom stereocenters. The smallest absolute Gasteiger partial charge is 0.221 e. The second-order valence-electron chi connectivity index (χ2n) is 7.03. The third-order valence-corrected chi connectivity index (χ3v) is 5.66. The predicted octanol–water partition coefficient (Wildman–Crippen LogP) is 3.89. The molecule has 0 bridgehead atoms. The van der Waals surface area contributed by atoms with Crippen molar-refractivity contribution in [2.45, 2.75) is 19.3 Å². The van der Waals surface area contributed by atoms with E-state index in [-0.39, 0.29) is 11.3 Å². The lowest BCUT2D eigenvalue weighted by atomic mass is 9.65. The van der Waals surface area contributed by atoms with E-state index in [9.17, 15) is 0 Å². The number of nitrogens with zero attached hydrogens (tertiary/aromatic N) is 2. The van der Waals surface area contributed by atoms with Crippen LogP contribution in [0.2, 0.25) is 0 Å². The molecule has 1 aromatic heterocycles. The van der Waals surface area contributed by atoms with Crippen LogP contribution in [0.3, 0.4) is 0 Å². The molecule has 0 amide bonds. The fraction of sp³-hybridized carbons (Fsp3) is 0.286. The van der Waals surface area contributed by atoms with Crippen LogP contribution in [0.5, 0.6) is 11.6 Å². The molecule has 0 unspecified atom stereocenters. The molecular weight excluding hydrogens is 312 g/mol. The maximum Gasteiger partial charge on any atom is 0.221 e. The lowest BCUT2D eigenvalue weighted by Gasteiger charge is -2.45. The SMILES string of the molecule is Cc1nn(-c2ccccc2)c2c1[C@]1(C)c3ccccc3OC[C@@H]1CO2. The van der Waals surface area contributed by atoms with Gasteiger partial charge in [0, 0.05) is 22.5 Å². The number of para-hydroxylation sites is 2. The van der Waals surface area contributed by atoms with E-state index >= 15 is 0 Å². The molecule has 0 fully saturated rings. The predicted molar refractivity (Wildman–Crippen MR) is 95.7 cm³/mol. The molecule has 2 aromatic carbocycles. The Bertz CT molecular complexity index is 948. The van der Waals surface area contributed by atoms with Gasteiger partial charge in [0.15, 0.2) is 0 Å². The largest absolute Gasteiger partial charge is 0.493 e. The number of benzene rings is 2. The van der Waals surface area contributed by atoms with Crippen molar-refractivity contribution in [2.24, 2.45) is 5.92 Å². The fourth-order valence-electron chi connectivity index (χ4n) is 4.31. The molecule has 3 heterocycles. The quantitative estimate of drug-likeness (QED) is 0.678. The zero-order chi connectivity index (χ0) is 17.0. The molecule has 0 radical (unpaired) electrons. The van der Waals surface area contributed by atoms with Crippen molar-refractivity contribution in [1.82, 2.24) is 9.78 Å². The highest BCUT2D eigenvalue weighted by Crippen LogP contribution is 2.53. The summed E-state index contributed by atoms with van der Waals surface area (Å²) in [6.07, 6.45) is 0. The van der Waals surface area contributed by atoms with Gasteiger partial charge in [-0.15, -0.1) is 0 Å². The topological polar surface area (TPSA) is 36.3 Å². The molecule has 0 spiro atoms. The summed E-state index contributed by atoms with van der Waals surface area (Å²) >= 11 is 0. The van der Waals surface area contributed by atoms with Gasteiger partial charge in [-0.2, -0.15) is 5.10 Å². The minimum Gasteiger partial charge on any atom is -0.493 e. The maximum absolute atomic E-state index is 6.20. The van der Waals surface area contributed by atoms with Crippen molar-refractivity contribution in [1.29, 1.82) is 0 Å². The van der Waals surface area contributed by atoms with Crippen molar-refractivity contribution in [3.8, 4) is 17.3 Å². The molecule has 0 aliphatic carbocycles.